The number of aliphatic hydroxyl groups is 1. The Balaban J connectivity index is 3.14. The number of likely N-dealkylation sites (N-methyl/N-ethyl adjacent to an activating group) is 1. The van der Waals surface area contributed by atoms with E-state index in [9.17, 15) is 15.1 Å². The molecule has 2 unspecified atom stereocenters. The predicted molar refractivity (Wildman–Crippen MR) is 43.8 cm³/mol. The second kappa shape index (κ2) is 2.07. The second-order valence-corrected chi connectivity index (χ2v) is 4.46. The average Bonchev–Trinajstić information content (AvgIpc) is 1.90. The summed E-state index contributed by atoms with van der Waals surface area (Å²) < 4.78 is -0.972. The van der Waals surface area contributed by atoms with Crippen LogP contribution < -0.4 is 0 Å². The van der Waals surface area contributed by atoms with Crippen LogP contribution in [0.5, 0.6) is 0 Å². The standard InChI is InChI=1S/C8H15NO3/c1-7(2)6(10)9(4,12)5-8(7,3)11/h11H,5H2,1-4H3. The Kier molecular flexibility index (Phi) is 1.66. The third kappa shape index (κ3) is 0.990. The summed E-state index contributed by atoms with van der Waals surface area (Å²) in [4.78, 5) is 11.5. The summed E-state index contributed by atoms with van der Waals surface area (Å²) in [5.74, 6) is -0.451. The van der Waals surface area contributed by atoms with Crippen molar-refractivity contribution in [2.24, 2.45) is 5.41 Å². The van der Waals surface area contributed by atoms with Crippen LogP contribution in [0.15, 0.2) is 0 Å². The summed E-state index contributed by atoms with van der Waals surface area (Å²) in [5, 5.41) is 21.3. The van der Waals surface area contributed by atoms with Crippen molar-refractivity contribution in [1.29, 1.82) is 0 Å². The maximum Gasteiger partial charge on any atom is 0.322 e. The van der Waals surface area contributed by atoms with Crippen molar-refractivity contribution in [3.8, 4) is 0 Å². The Morgan fingerprint density at radius 3 is 2.00 bits per heavy atom. The number of nitrogens with zero attached hydrogens (tertiary/aromatic N) is 1. The number of hydrogen-bond acceptors (Lipinski definition) is 3. The van der Waals surface area contributed by atoms with Crippen LogP contribution in [0.4, 0.5) is 0 Å². The van der Waals surface area contributed by atoms with Gasteiger partial charge in [-0.05, 0) is 20.8 Å². The van der Waals surface area contributed by atoms with E-state index in [0.29, 0.717) is 0 Å². The fourth-order valence-electron chi connectivity index (χ4n) is 1.68. The molecule has 0 aromatic carbocycles. The Hall–Kier alpha value is -0.450. The zero-order valence-corrected chi connectivity index (χ0v) is 7.92. The molecule has 0 saturated carbocycles. The first-order valence-electron chi connectivity index (χ1n) is 3.95. The van der Waals surface area contributed by atoms with E-state index in [1.54, 1.807) is 13.8 Å². The van der Waals surface area contributed by atoms with Gasteiger partial charge in [0.05, 0.1) is 7.05 Å². The average molecular weight is 173 g/mol. The molecule has 70 valence electrons. The molecule has 1 aliphatic heterocycles. The quantitative estimate of drug-likeness (QED) is 0.422. The minimum atomic E-state index is -1.19. The number of likely N-dealkylation sites (tertiary alicyclic amines) is 1. The van der Waals surface area contributed by atoms with Crippen LogP contribution in [0, 0.1) is 10.6 Å². The van der Waals surface area contributed by atoms with Gasteiger partial charge in [0.2, 0.25) is 0 Å². The van der Waals surface area contributed by atoms with E-state index >= 15 is 0 Å². The molecular weight excluding hydrogens is 158 g/mol. The molecule has 0 aromatic rings. The lowest BCUT2D eigenvalue weighted by molar-refractivity contribution is -0.778. The van der Waals surface area contributed by atoms with Crippen molar-refractivity contribution < 1.29 is 14.5 Å². The number of amides is 1. The molecule has 1 saturated heterocycles. The largest absolute Gasteiger partial charge is 0.625 e. The minimum Gasteiger partial charge on any atom is -0.625 e. The maximum atomic E-state index is 11.5. The number of quaternary nitrogens is 1. The van der Waals surface area contributed by atoms with E-state index in [1.165, 1.54) is 14.0 Å². The van der Waals surface area contributed by atoms with Gasteiger partial charge in [0.1, 0.15) is 17.6 Å². The molecule has 4 nitrogen and oxygen atoms in total. The predicted octanol–water partition coefficient (Wildman–Crippen LogP) is 0.248. The molecule has 1 rings (SSSR count). The van der Waals surface area contributed by atoms with Gasteiger partial charge in [0, 0.05) is 0 Å². The first-order chi connectivity index (χ1) is 5.11. The molecule has 2 atom stereocenters. The molecule has 0 aromatic heterocycles. The van der Waals surface area contributed by atoms with Crippen molar-refractivity contribution >= 4 is 5.91 Å². The third-order valence-electron chi connectivity index (χ3n) is 2.92. The van der Waals surface area contributed by atoms with Gasteiger partial charge in [-0.2, -0.15) is 0 Å². The molecule has 1 heterocycles. The highest BCUT2D eigenvalue weighted by molar-refractivity contribution is 5.79. The van der Waals surface area contributed by atoms with Crippen molar-refractivity contribution in [2.45, 2.75) is 26.4 Å². The summed E-state index contributed by atoms with van der Waals surface area (Å²) in [6.07, 6.45) is 0. The van der Waals surface area contributed by atoms with Crippen LogP contribution in [0.1, 0.15) is 20.8 Å². The lowest BCUT2D eigenvalue weighted by atomic mass is 9.79. The molecule has 1 aliphatic rings. The molecule has 1 fully saturated rings. The van der Waals surface area contributed by atoms with E-state index in [1.807, 2.05) is 0 Å². The third-order valence-corrected chi connectivity index (χ3v) is 2.92. The van der Waals surface area contributed by atoms with Crippen LogP contribution in [-0.2, 0) is 4.79 Å². The summed E-state index contributed by atoms with van der Waals surface area (Å²) in [7, 11) is 1.28. The Morgan fingerprint density at radius 2 is 1.92 bits per heavy atom. The van der Waals surface area contributed by atoms with Gasteiger partial charge in [-0.15, -0.1) is 0 Å². The lowest BCUT2D eigenvalue weighted by Crippen LogP contribution is -2.42. The monoisotopic (exact) mass is 173 g/mol. The number of carbonyl (C=O) groups excluding carboxylic acids is 1. The molecule has 0 bridgehead atoms. The first-order valence-corrected chi connectivity index (χ1v) is 3.95. The van der Waals surface area contributed by atoms with Gasteiger partial charge in [0.15, 0.2) is 0 Å². The summed E-state index contributed by atoms with van der Waals surface area (Å²) in [6, 6.07) is 0. The van der Waals surface area contributed by atoms with Crippen molar-refractivity contribution in [2.75, 3.05) is 13.6 Å². The molecule has 0 aliphatic carbocycles. The Morgan fingerprint density at radius 1 is 1.50 bits per heavy atom. The number of hydrogen-bond donors (Lipinski definition) is 1. The highest BCUT2D eigenvalue weighted by atomic mass is 16.6. The summed E-state index contributed by atoms with van der Waals surface area (Å²) in [5.41, 5.74) is -2.13. The molecule has 12 heavy (non-hydrogen) atoms. The van der Waals surface area contributed by atoms with Crippen LogP contribution in [0.25, 0.3) is 0 Å². The molecule has 1 N–H and O–H groups in total. The Labute approximate surface area is 72.0 Å². The summed E-state index contributed by atoms with van der Waals surface area (Å²) in [6.45, 7) is 4.69. The minimum absolute atomic E-state index is 0.0567. The zero-order chi connectivity index (χ0) is 9.78. The SMILES string of the molecule is CC1(O)C[N+](C)([O-])C(=O)C1(C)C. The summed E-state index contributed by atoms with van der Waals surface area (Å²) >= 11 is 0. The smallest absolute Gasteiger partial charge is 0.322 e. The molecule has 0 radical (unpaired) electrons. The van der Waals surface area contributed by atoms with Gasteiger partial charge < -0.3 is 10.3 Å². The fourth-order valence-corrected chi connectivity index (χ4v) is 1.68. The van der Waals surface area contributed by atoms with Gasteiger partial charge in [-0.1, -0.05) is 0 Å². The molecule has 4 heteroatoms. The van der Waals surface area contributed by atoms with Crippen LogP contribution >= 0.6 is 0 Å². The number of rotatable bonds is 0. The first kappa shape index (κ1) is 9.64. The van der Waals surface area contributed by atoms with Crippen LogP contribution in [0.2, 0.25) is 0 Å². The van der Waals surface area contributed by atoms with Gasteiger partial charge in [-0.25, -0.2) is 4.79 Å². The fraction of sp³-hybridized carbons (Fsp3) is 0.875. The van der Waals surface area contributed by atoms with Crippen LogP contribution in [-0.4, -0.2) is 34.9 Å². The lowest BCUT2D eigenvalue weighted by Gasteiger charge is -2.31. The van der Waals surface area contributed by atoms with Gasteiger partial charge in [0.25, 0.3) is 0 Å². The van der Waals surface area contributed by atoms with Crippen molar-refractivity contribution in [3.05, 3.63) is 5.21 Å². The molecular formula is C8H15NO3. The van der Waals surface area contributed by atoms with Crippen LogP contribution in [0.3, 0.4) is 0 Å². The number of carbonyl (C=O) groups is 1. The topological polar surface area (TPSA) is 60.4 Å². The second-order valence-electron chi connectivity index (χ2n) is 4.46. The van der Waals surface area contributed by atoms with E-state index in [-0.39, 0.29) is 6.54 Å². The van der Waals surface area contributed by atoms with Crippen molar-refractivity contribution in [1.82, 2.24) is 0 Å². The molecule has 1 amide bonds. The number of hydroxylamine groups is 3. The highest BCUT2D eigenvalue weighted by Gasteiger charge is 2.60. The van der Waals surface area contributed by atoms with Crippen molar-refractivity contribution in [3.63, 3.8) is 0 Å². The Bertz CT molecular complexity index is 230. The molecule has 0 spiro atoms. The van der Waals surface area contributed by atoms with E-state index in [2.05, 4.69) is 0 Å². The van der Waals surface area contributed by atoms with E-state index < -0.39 is 21.6 Å². The van der Waals surface area contributed by atoms with E-state index in [0.717, 1.165) is 0 Å². The maximum absolute atomic E-state index is 11.5. The van der Waals surface area contributed by atoms with E-state index in [4.69, 9.17) is 0 Å². The highest BCUT2D eigenvalue weighted by Crippen LogP contribution is 2.42. The van der Waals surface area contributed by atoms with Gasteiger partial charge >= 0.3 is 5.91 Å². The zero-order valence-electron chi connectivity index (χ0n) is 7.92. The normalized spacial score (nSPS) is 46.7. The van der Waals surface area contributed by atoms with Gasteiger partial charge in [-0.3, -0.25) is 4.65 Å².